The standard InChI is InChI=1S/C11H11ClO2/c12-9-4-6-10(7-5-9)14-11(13)8-2-1-3-8/h4-8H,1-3H2. The Morgan fingerprint density at radius 3 is 2.43 bits per heavy atom. The van der Waals surface area contributed by atoms with Crippen molar-refractivity contribution in [2.75, 3.05) is 0 Å². The number of carbonyl (C=O) groups is 1. The zero-order chi connectivity index (χ0) is 9.97. The van der Waals surface area contributed by atoms with E-state index in [2.05, 4.69) is 0 Å². The average molecular weight is 211 g/mol. The minimum absolute atomic E-state index is 0.112. The summed E-state index contributed by atoms with van der Waals surface area (Å²) in [6.45, 7) is 0. The first-order chi connectivity index (χ1) is 6.75. The molecule has 2 nitrogen and oxygen atoms in total. The molecule has 1 fully saturated rings. The van der Waals surface area contributed by atoms with Gasteiger partial charge in [-0.05, 0) is 37.1 Å². The summed E-state index contributed by atoms with van der Waals surface area (Å²) in [5, 5.41) is 0.647. The lowest BCUT2D eigenvalue weighted by atomic mass is 9.86. The minimum atomic E-state index is -0.112. The fourth-order valence-corrected chi connectivity index (χ4v) is 1.47. The van der Waals surface area contributed by atoms with Crippen molar-refractivity contribution < 1.29 is 9.53 Å². The van der Waals surface area contributed by atoms with E-state index in [9.17, 15) is 4.79 Å². The molecule has 0 N–H and O–H groups in total. The van der Waals surface area contributed by atoms with E-state index in [1.54, 1.807) is 24.3 Å². The van der Waals surface area contributed by atoms with Crippen LogP contribution in [0.15, 0.2) is 24.3 Å². The lowest BCUT2D eigenvalue weighted by molar-refractivity contribution is -0.141. The molecule has 14 heavy (non-hydrogen) atoms. The molecule has 0 spiro atoms. The molecule has 0 aliphatic heterocycles. The SMILES string of the molecule is O=C(Oc1ccc(Cl)cc1)C1CCC1. The molecule has 3 heteroatoms. The number of ether oxygens (including phenoxy) is 1. The van der Waals surface area contributed by atoms with E-state index in [0.29, 0.717) is 10.8 Å². The van der Waals surface area contributed by atoms with Crippen LogP contribution in [0.25, 0.3) is 0 Å². The predicted molar refractivity (Wildman–Crippen MR) is 54.4 cm³/mol. The van der Waals surface area contributed by atoms with Crippen molar-refractivity contribution in [2.45, 2.75) is 19.3 Å². The molecule has 0 unspecified atom stereocenters. The number of hydrogen-bond donors (Lipinski definition) is 0. The maximum absolute atomic E-state index is 11.4. The zero-order valence-electron chi connectivity index (χ0n) is 7.70. The van der Waals surface area contributed by atoms with Crippen molar-refractivity contribution >= 4 is 17.6 Å². The quantitative estimate of drug-likeness (QED) is 0.554. The Hall–Kier alpha value is -1.02. The Morgan fingerprint density at radius 2 is 1.93 bits per heavy atom. The molecule has 0 atom stereocenters. The van der Waals surface area contributed by atoms with Crippen molar-refractivity contribution in [1.29, 1.82) is 0 Å². The molecule has 2 rings (SSSR count). The van der Waals surface area contributed by atoms with Crippen LogP contribution < -0.4 is 4.74 Å². The van der Waals surface area contributed by atoms with Gasteiger partial charge >= 0.3 is 5.97 Å². The Balaban J connectivity index is 1.96. The Bertz CT molecular complexity index is 328. The second-order valence-electron chi connectivity index (χ2n) is 3.50. The second-order valence-corrected chi connectivity index (χ2v) is 3.94. The minimum Gasteiger partial charge on any atom is -0.426 e. The first-order valence-corrected chi connectivity index (χ1v) is 5.11. The van der Waals surface area contributed by atoms with Crippen molar-refractivity contribution in [2.24, 2.45) is 5.92 Å². The lowest BCUT2D eigenvalue weighted by Gasteiger charge is -2.22. The van der Waals surface area contributed by atoms with E-state index >= 15 is 0 Å². The van der Waals surface area contributed by atoms with Crippen LogP contribution in [0.1, 0.15) is 19.3 Å². The van der Waals surface area contributed by atoms with E-state index < -0.39 is 0 Å². The average Bonchev–Trinajstić information content (AvgIpc) is 2.06. The molecule has 0 amide bonds. The van der Waals surface area contributed by atoms with Gasteiger partial charge in [-0.1, -0.05) is 18.0 Å². The van der Waals surface area contributed by atoms with Crippen LogP contribution in [-0.2, 0) is 4.79 Å². The largest absolute Gasteiger partial charge is 0.426 e. The van der Waals surface area contributed by atoms with Gasteiger partial charge in [0.15, 0.2) is 0 Å². The summed E-state index contributed by atoms with van der Waals surface area (Å²) in [4.78, 5) is 11.4. The first-order valence-electron chi connectivity index (χ1n) is 4.73. The summed E-state index contributed by atoms with van der Waals surface area (Å²) in [5.41, 5.74) is 0. The fraction of sp³-hybridized carbons (Fsp3) is 0.364. The monoisotopic (exact) mass is 210 g/mol. The third-order valence-corrected chi connectivity index (χ3v) is 2.72. The van der Waals surface area contributed by atoms with Crippen LogP contribution >= 0.6 is 11.6 Å². The molecule has 1 aliphatic carbocycles. The molecule has 0 radical (unpaired) electrons. The number of hydrogen-bond acceptors (Lipinski definition) is 2. The maximum Gasteiger partial charge on any atom is 0.314 e. The van der Waals surface area contributed by atoms with Crippen LogP contribution in [0.5, 0.6) is 5.75 Å². The van der Waals surface area contributed by atoms with Crippen LogP contribution in [0.4, 0.5) is 0 Å². The summed E-state index contributed by atoms with van der Waals surface area (Å²) in [5.74, 6) is 0.579. The lowest BCUT2D eigenvalue weighted by Crippen LogP contribution is -2.26. The third kappa shape index (κ3) is 2.07. The van der Waals surface area contributed by atoms with Crippen molar-refractivity contribution in [3.8, 4) is 5.75 Å². The van der Waals surface area contributed by atoms with Gasteiger partial charge < -0.3 is 4.74 Å². The first kappa shape index (κ1) is 9.53. The van der Waals surface area contributed by atoms with Gasteiger partial charge in [0.2, 0.25) is 0 Å². The van der Waals surface area contributed by atoms with Crippen LogP contribution in [0.2, 0.25) is 5.02 Å². The summed E-state index contributed by atoms with van der Waals surface area (Å²) in [6, 6.07) is 6.84. The summed E-state index contributed by atoms with van der Waals surface area (Å²) < 4.78 is 5.18. The molecule has 1 aromatic carbocycles. The van der Waals surface area contributed by atoms with Gasteiger partial charge in [0.05, 0.1) is 5.92 Å². The molecular weight excluding hydrogens is 200 g/mol. The van der Waals surface area contributed by atoms with Gasteiger partial charge in [-0.15, -0.1) is 0 Å². The number of benzene rings is 1. The Kier molecular flexibility index (Phi) is 2.73. The van der Waals surface area contributed by atoms with E-state index in [-0.39, 0.29) is 11.9 Å². The van der Waals surface area contributed by atoms with E-state index in [0.717, 1.165) is 19.3 Å². The van der Waals surface area contributed by atoms with Crippen LogP contribution in [0.3, 0.4) is 0 Å². The molecule has 1 aromatic rings. The van der Waals surface area contributed by atoms with Crippen molar-refractivity contribution in [1.82, 2.24) is 0 Å². The molecule has 0 heterocycles. The Labute approximate surface area is 87.8 Å². The van der Waals surface area contributed by atoms with Gasteiger partial charge in [0, 0.05) is 5.02 Å². The topological polar surface area (TPSA) is 26.3 Å². The molecular formula is C11H11ClO2. The third-order valence-electron chi connectivity index (χ3n) is 2.47. The zero-order valence-corrected chi connectivity index (χ0v) is 8.46. The van der Waals surface area contributed by atoms with Gasteiger partial charge in [0.25, 0.3) is 0 Å². The fourth-order valence-electron chi connectivity index (χ4n) is 1.35. The predicted octanol–water partition coefficient (Wildman–Crippen LogP) is 3.05. The molecule has 1 saturated carbocycles. The van der Waals surface area contributed by atoms with E-state index in [4.69, 9.17) is 16.3 Å². The number of carbonyl (C=O) groups excluding carboxylic acids is 1. The molecule has 0 saturated heterocycles. The van der Waals surface area contributed by atoms with Crippen LogP contribution in [-0.4, -0.2) is 5.97 Å². The van der Waals surface area contributed by atoms with Gasteiger partial charge in [-0.25, -0.2) is 0 Å². The highest BCUT2D eigenvalue weighted by Crippen LogP contribution is 2.28. The van der Waals surface area contributed by atoms with Gasteiger partial charge in [-0.2, -0.15) is 0 Å². The van der Waals surface area contributed by atoms with E-state index in [1.807, 2.05) is 0 Å². The van der Waals surface area contributed by atoms with Crippen molar-refractivity contribution in [3.63, 3.8) is 0 Å². The maximum atomic E-state index is 11.4. The highest BCUT2D eigenvalue weighted by Gasteiger charge is 2.26. The molecule has 74 valence electrons. The summed E-state index contributed by atoms with van der Waals surface area (Å²) >= 11 is 5.71. The molecule has 0 aromatic heterocycles. The van der Waals surface area contributed by atoms with Crippen molar-refractivity contribution in [3.05, 3.63) is 29.3 Å². The number of halogens is 1. The van der Waals surface area contributed by atoms with Gasteiger partial charge in [-0.3, -0.25) is 4.79 Å². The highest BCUT2D eigenvalue weighted by atomic mass is 35.5. The van der Waals surface area contributed by atoms with Crippen LogP contribution in [0, 0.1) is 5.92 Å². The summed E-state index contributed by atoms with van der Waals surface area (Å²) in [6.07, 6.45) is 3.07. The molecule has 1 aliphatic rings. The smallest absolute Gasteiger partial charge is 0.314 e. The second kappa shape index (κ2) is 4.01. The highest BCUT2D eigenvalue weighted by molar-refractivity contribution is 6.30. The number of rotatable bonds is 2. The normalized spacial score (nSPS) is 16.1. The van der Waals surface area contributed by atoms with Gasteiger partial charge in [0.1, 0.15) is 5.75 Å². The summed E-state index contributed by atoms with van der Waals surface area (Å²) in [7, 11) is 0. The van der Waals surface area contributed by atoms with E-state index in [1.165, 1.54) is 0 Å². The number of esters is 1. The Morgan fingerprint density at radius 1 is 1.29 bits per heavy atom. The molecule has 0 bridgehead atoms.